The molecule has 1 N–H and O–H groups in total. The van der Waals surface area contributed by atoms with Gasteiger partial charge in [0.25, 0.3) is 11.5 Å². The number of pyridine rings is 1. The van der Waals surface area contributed by atoms with Crippen molar-refractivity contribution in [3.05, 3.63) is 106 Å². The Balaban J connectivity index is 1.63. The normalized spacial score (nSPS) is 10.7. The molecule has 4 rings (SSSR count). The van der Waals surface area contributed by atoms with Crippen molar-refractivity contribution in [2.24, 2.45) is 0 Å². The first-order chi connectivity index (χ1) is 14.5. The molecule has 0 spiro atoms. The molecule has 2 aromatic carbocycles. The number of hydrogen-bond acceptors (Lipinski definition) is 4. The molecule has 0 atom stereocenters. The zero-order valence-electron chi connectivity index (χ0n) is 16.8. The molecule has 0 aliphatic rings. The van der Waals surface area contributed by atoms with E-state index in [2.05, 4.69) is 10.3 Å². The SMILES string of the molecule is COc1ccc(NC(=O)c2cnc3ccc(C)cn3c2=O)cc1Cc1ccccc1. The van der Waals surface area contributed by atoms with E-state index in [0.29, 0.717) is 17.8 Å². The molecule has 6 nitrogen and oxygen atoms in total. The van der Waals surface area contributed by atoms with Crippen molar-refractivity contribution < 1.29 is 9.53 Å². The highest BCUT2D eigenvalue weighted by atomic mass is 16.5. The molecule has 30 heavy (non-hydrogen) atoms. The summed E-state index contributed by atoms with van der Waals surface area (Å²) >= 11 is 0. The molecule has 1 amide bonds. The second-order valence-electron chi connectivity index (χ2n) is 7.05. The summed E-state index contributed by atoms with van der Waals surface area (Å²) in [4.78, 5) is 29.8. The number of benzene rings is 2. The van der Waals surface area contributed by atoms with E-state index in [9.17, 15) is 9.59 Å². The molecule has 0 bridgehead atoms. The molecule has 6 heteroatoms. The molecule has 4 aromatic rings. The third-order valence-electron chi connectivity index (χ3n) is 4.87. The van der Waals surface area contributed by atoms with Crippen LogP contribution in [-0.4, -0.2) is 22.4 Å². The van der Waals surface area contributed by atoms with Crippen LogP contribution in [0.15, 0.2) is 77.9 Å². The zero-order valence-corrected chi connectivity index (χ0v) is 16.8. The Bertz CT molecular complexity index is 1280. The number of anilines is 1. The van der Waals surface area contributed by atoms with Crippen molar-refractivity contribution >= 4 is 17.2 Å². The van der Waals surface area contributed by atoms with Crippen LogP contribution in [0.5, 0.6) is 5.75 Å². The van der Waals surface area contributed by atoms with Crippen LogP contribution >= 0.6 is 0 Å². The third-order valence-corrected chi connectivity index (χ3v) is 4.87. The van der Waals surface area contributed by atoms with Gasteiger partial charge < -0.3 is 10.1 Å². The molecule has 0 saturated heterocycles. The standard InChI is InChI=1S/C24H21N3O3/c1-16-8-11-22-25-14-20(24(29)27(22)15-16)23(28)26-19-9-10-21(30-2)18(13-19)12-17-6-4-3-5-7-17/h3-11,13-15H,12H2,1-2H3,(H,26,28). The summed E-state index contributed by atoms with van der Waals surface area (Å²) in [6.07, 6.45) is 3.65. The molecule has 2 heterocycles. The maximum atomic E-state index is 12.8. The first-order valence-electron chi connectivity index (χ1n) is 9.55. The number of hydrogen-bond donors (Lipinski definition) is 1. The number of ether oxygens (including phenoxy) is 1. The molecule has 2 aromatic heterocycles. The first kappa shape index (κ1) is 19.4. The van der Waals surface area contributed by atoms with Gasteiger partial charge in [0.2, 0.25) is 0 Å². The quantitative estimate of drug-likeness (QED) is 0.553. The number of rotatable bonds is 5. The van der Waals surface area contributed by atoms with Gasteiger partial charge in [-0.2, -0.15) is 0 Å². The average molecular weight is 399 g/mol. The zero-order chi connectivity index (χ0) is 21.1. The van der Waals surface area contributed by atoms with Crippen molar-refractivity contribution in [1.82, 2.24) is 9.38 Å². The Morgan fingerprint density at radius 1 is 1.10 bits per heavy atom. The van der Waals surface area contributed by atoms with Crippen molar-refractivity contribution in [2.75, 3.05) is 12.4 Å². The first-order valence-corrected chi connectivity index (χ1v) is 9.55. The average Bonchev–Trinajstić information content (AvgIpc) is 2.75. The fourth-order valence-electron chi connectivity index (χ4n) is 3.35. The van der Waals surface area contributed by atoms with E-state index in [4.69, 9.17) is 4.74 Å². The van der Waals surface area contributed by atoms with Gasteiger partial charge in [0.15, 0.2) is 0 Å². The smallest absolute Gasteiger partial charge is 0.270 e. The van der Waals surface area contributed by atoms with Gasteiger partial charge in [-0.1, -0.05) is 36.4 Å². The lowest BCUT2D eigenvalue weighted by molar-refractivity contribution is 0.102. The van der Waals surface area contributed by atoms with Gasteiger partial charge in [-0.25, -0.2) is 4.98 Å². The minimum atomic E-state index is -0.501. The second-order valence-corrected chi connectivity index (χ2v) is 7.05. The Hall–Kier alpha value is -3.93. The molecule has 0 aliphatic carbocycles. The number of nitrogens with zero attached hydrogens (tertiary/aromatic N) is 2. The highest BCUT2D eigenvalue weighted by Gasteiger charge is 2.15. The number of aryl methyl sites for hydroxylation is 1. The highest BCUT2D eigenvalue weighted by Crippen LogP contribution is 2.25. The van der Waals surface area contributed by atoms with Crippen LogP contribution in [0, 0.1) is 6.92 Å². The Morgan fingerprint density at radius 3 is 2.67 bits per heavy atom. The van der Waals surface area contributed by atoms with Gasteiger partial charge in [-0.15, -0.1) is 0 Å². The summed E-state index contributed by atoms with van der Waals surface area (Å²) in [5.41, 5.74) is 3.64. The van der Waals surface area contributed by atoms with Crippen molar-refractivity contribution in [1.29, 1.82) is 0 Å². The van der Waals surface area contributed by atoms with Gasteiger partial charge >= 0.3 is 0 Å². The lowest BCUT2D eigenvalue weighted by Crippen LogP contribution is -2.26. The summed E-state index contributed by atoms with van der Waals surface area (Å²) in [5, 5.41) is 2.81. The van der Waals surface area contributed by atoms with E-state index >= 15 is 0 Å². The molecular formula is C24H21N3O3. The summed E-state index contributed by atoms with van der Waals surface area (Å²) < 4.78 is 6.85. The highest BCUT2D eigenvalue weighted by molar-refractivity contribution is 6.04. The van der Waals surface area contributed by atoms with Crippen LogP contribution in [0.25, 0.3) is 5.65 Å². The molecule has 0 unspecified atom stereocenters. The maximum absolute atomic E-state index is 12.8. The molecule has 0 fully saturated rings. The molecule has 150 valence electrons. The van der Waals surface area contributed by atoms with E-state index in [1.54, 1.807) is 25.4 Å². The predicted octanol–water partition coefficient (Wildman–Crippen LogP) is 3.85. The monoisotopic (exact) mass is 399 g/mol. The second kappa shape index (κ2) is 8.21. The summed E-state index contributed by atoms with van der Waals surface area (Å²) in [6.45, 7) is 1.88. The Kier molecular flexibility index (Phi) is 5.30. The number of aromatic nitrogens is 2. The topological polar surface area (TPSA) is 72.7 Å². The lowest BCUT2D eigenvalue weighted by atomic mass is 10.0. The van der Waals surface area contributed by atoms with Gasteiger partial charge in [0.1, 0.15) is 17.0 Å². The number of fused-ring (bicyclic) bond motifs is 1. The maximum Gasteiger partial charge on any atom is 0.270 e. The van der Waals surface area contributed by atoms with Crippen LogP contribution in [0.1, 0.15) is 27.0 Å². The summed E-state index contributed by atoms with van der Waals surface area (Å²) in [5.74, 6) is 0.235. The minimum absolute atomic E-state index is 0.0153. The fraction of sp³-hybridized carbons (Fsp3) is 0.125. The largest absolute Gasteiger partial charge is 0.496 e. The summed E-state index contributed by atoms with van der Waals surface area (Å²) in [7, 11) is 1.62. The van der Waals surface area contributed by atoms with Gasteiger partial charge in [-0.05, 0) is 42.3 Å². The minimum Gasteiger partial charge on any atom is -0.496 e. The van der Waals surface area contributed by atoms with Gasteiger partial charge in [0.05, 0.1) is 7.11 Å². The molecule has 0 aliphatic heterocycles. The van der Waals surface area contributed by atoms with E-state index in [0.717, 1.165) is 22.4 Å². The third kappa shape index (κ3) is 3.93. The predicted molar refractivity (Wildman–Crippen MR) is 116 cm³/mol. The lowest BCUT2D eigenvalue weighted by Gasteiger charge is -2.12. The van der Waals surface area contributed by atoms with E-state index in [-0.39, 0.29) is 5.56 Å². The van der Waals surface area contributed by atoms with Crippen molar-refractivity contribution in [2.45, 2.75) is 13.3 Å². The molecule has 0 saturated carbocycles. The summed E-state index contributed by atoms with van der Waals surface area (Å²) in [6, 6.07) is 19.0. The Morgan fingerprint density at radius 2 is 1.90 bits per heavy atom. The van der Waals surface area contributed by atoms with Gasteiger partial charge in [-0.3, -0.25) is 14.0 Å². The number of carbonyl (C=O) groups excluding carboxylic acids is 1. The van der Waals surface area contributed by atoms with Crippen LogP contribution < -0.4 is 15.6 Å². The van der Waals surface area contributed by atoms with Crippen LogP contribution in [-0.2, 0) is 6.42 Å². The van der Waals surface area contributed by atoms with Crippen LogP contribution in [0.4, 0.5) is 5.69 Å². The van der Waals surface area contributed by atoms with Gasteiger partial charge in [0, 0.05) is 30.1 Å². The van der Waals surface area contributed by atoms with Crippen LogP contribution in [0.2, 0.25) is 0 Å². The number of nitrogens with one attached hydrogen (secondary N) is 1. The van der Waals surface area contributed by atoms with E-state index in [1.807, 2.05) is 55.5 Å². The van der Waals surface area contributed by atoms with Crippen molar-refractivity contribution in [3.8, 4) is 5.75 Å². The number of amides is 1. The van der Waals surface area contributed by atoms with Crippen molar-refractivity contribution in [3.63, 3.8) is 0 Å². The molecule has 0 radical (unpaired) electrons. The number of methoxy groups -OCH3 is 1. The van der Waals surface area contributed by atoms with E-state index < -0.39 is 11.5 Å². The van der Waals surface area contributed by atoms with Crippen LogP contribution in [0.3, 0.4) is 0 Å². The van der Waals surface area contributed by atoms with E-state index in [1.165, 1.54) is 10.6 Å². The molecular weight excluding hydrogens is 378 g/mol. The fourth-order valence-corrected chi connectivity index (χ4v) is 3.35. The number of carbonyl (C=O) groups is 1. The Labute approximate surface area is 173 Å².